The summed E-state index contributed by atoms with van der Waals surface area (Å²) in [5.74, 6) is 1.49. The minimum atomic E-state index is 0.166. The van der Waals surface area contributed by atoms with Gasteiger partial charge in [0.1, 0.15) is 5.75 Å². The van der Waals surface area contributed by atoms with E-state index >= 15 is 0 Å². The van der Waals surface area contributed by atoms with Crippen LogP contribution in [-0.2, 0) is 11.3 Å². The van der Waals surface area contributed by atoms with Crippen LogP contribution in [0.3, 0.4) is 0 Å². The maximum absolute atomic E-state index is 12.1. The lowest BCUT2D eigenvalue weighted by atomic mass is 10.0. The molecule has 0 spiro atoms. The van der Waals surface area contributed by atoms with Crippen LogP contribution in [0.5, 0.6) is 5.75 Å². The Kier molecular flexibility index (Phi) is 7.09. The fourth-order valence-electron chi connectivity index (χ4n) is 2.17. The highest BCUT2D eigenvalue weighted by Gasteiger charge is 2.13. The molecule has 4 heteroatoms. The van der Waals surface area contributed by atoms with Crippen LogP contribution in [0.1, 0.15) is 31.7 Å². The molecule has 0 bridgehead atoms. The topological polar surface area (TPSA) is 55.6 Å². The zero-order valence-electron chi connectivity index (χ0n) is 12.8. The normalized spacial score (nSPS) is 12.0. The number of hydrogen-bond acceptors (Lipinski definition) is 3. The molecule has 0 radical (unpaired) electrons. The Labute approximate surface area is 121 Å². The van der Waals surface area contributed by atoms with E-state index in [1.165, 1.54) is 0 Å². The molecule has 1 aromatic rings. The number of rotatable bonds is 8. The van der Waals surface area contributed by atoms with E-state index in [1.807, 2.05) is 31.3 Å². The SMILES string of the molecule is COc1ccccc1CN(C)C(=O)CCC(C)CCN. The Morgan fingerprint density at radius 3 is 2.70 bits per heavy atom. The molecule has 0 aliphatic heterocycles. The van der Waals surface area contributed by atoms with Gasteiger partial charge in [-0.15, -0.1) is 0 Å². The summed E-state index contributed by atoms with van der Waals surface area (Å²) in [6.45, 7) is 3.40. The lowest BCUT2D eigenvalue weighted by Gasteiger charge is -2.19. The summed E-state index contributed by atoms with van der Waals surface area (Å²) >= 11 is 0. The van der Waals surface area contributed by atoms with Crippen molar-refractivity contribution in [2.45, 2.75) is 32.7 Å². The molecule has 1 amide bonds. The Morgan fingerprint density at radius 1 is 1.35 bits per heavy atom. The van der Waals surface area contributed by atoms with E-state index < -0.39 is 0 Å². The first kappa shape index (κ1) is 16.5. The maximum Gasteiger partial charge on any atom is 0.222 e. The van der Waals surface area contributed by atoms with Crippen LogP contribution in [0, 0.1) is 5.92 Å². The lowest BCUT2D eigenvalue weighted by Crippen LogP contribution is -2.26. The molecule has 1 unspecified atom stereocenters. The molecular weight excluding hydrogens is 252 g/mol. The first-order valence-electron chi connectivity index (χ1n) is 7.14. The zero-order chi connectivity index (χ0) is 15.0. The van der Waals surface area contributed by atoms with Crippen LogP contribution < -0.4 is 10.5 Å². The lowest BCUT2D eigenvalue weighted by molar-refractivity contribution is -0.130. The van der Waals surface area contributed by atoms with E-state index in [-0.39, 0.29) is 5.91 Å². The molecule has 0 aliphatic carbocycles. The maximum atomic E-state index is 12.1. The summed E-state index contributed by atoms with van der Waals surface area (Å²) in [7, 11) is 3.48. The minimum absolute atomic E-state index is 0.166. The van der Waals surface area contributed by atoms with E-state index in [2.05, 4.69) is 6.92 Å². The summed E-state index contributed by atoms with van der Waals surface area (Å²) in [5, 5.41) is 0. The molecular formula is C16H26N2O2. The molecule has 0 fully saturated rings. The first-order valence-corrected chi connectivity index (χ1v) is 7.14. The number of carbonyl (C=O) groups is 1. The van der Waals surface area contributed by atoms with Gasteiger partial charge in [-0.2, -0.15) is 0 Å². The predicted octanol–water partition coefficient (Wildman–Crippen LogP) is 2.42. The summed E-state index contributed by atoms with van der Waals surface area (Å²) < 4.78 is 5.30. The van der Waals surface area contributed by atoms with Crippen molar-refractivity contribution in [3.05, 3.63) is 29.8 Å². The highest BCUT2D eigenvalue weighted by Crippen LogP contribution is 2.19. The van der Waals surface area contributed by atoms with E-state index in [0.717, 1.165) is 24.2 Å². The monoisotopic (exact) mass is 278 g/mol. The number of hydrogen-bond donors (Lipinski definition) is 1. The van der Waals surface area contributed by atoms with Crippen molar-refractivity contribution in [3.63, 3.8) is 0 Å². The fraction of sp³-hybridized carbons (Fsp3) is 0.562. The van der Waals surface area contributed by atoms with E-state index in [9.17, 15) is 4.79 Å². The van der Waals surface area contributed by atoms with Crippen LogP contribution >= 0.6 is 0 Å². The average Bonchev–Trinajstić information content (AvgIpc) is 2.45. The molecule has 2 N–H and O–H groups in total. The van der Waals surface area contributed by atoms with Crippen LogP contribution in [0.25, 0.3) is 0 Å². The van der Waals surface area contributed by atoms with Crippen molar-refractivity contribution in [1.29, 1.82) is 0 Å². The van der Waals surface area contributed by atoms with Crippen LogP contribution in [-0.4, -0.2) is 31.5 Å². The van der Waals surface area contributed by atoms with Gasteiger partial charge in [0.25, 0.3) is 0 Å². The van der Waals surface area contributed by atoms with Gasteiger partial charge in [0.15, 0.2) is 0 Å². The van der Waals surface area contributed by atoms with Crippen LogP contribution in [0.4, 0.5) is 0 Å². The average molecular weight is 278 g/mol. The van der Waals surface area contributed by atoms with Gasteiger partial charge in [-0.3, -0.25) is 4.79 Å². The summed E-state index contributed by atoms with van der Waals surface area (Å²) in [5.41, 5.74) is 6.55. The molecule has 112 valence electrons. The molecule has 0 saturated heterocycles. The molecule has 0 saturated carbocycles. The van der Waals surface area contributed by atoms with Gasteiger partial charge in [-0.25, -0.2) is 0 Å². The Morgan fingerprint density at radius 2 is 2.05 bits per heavy atom. The smallest absolute Gasteiger partial charge is 0.222 e. The van der Waals surface area contributed by atoms with Crippen molar-refractivity contribution < 1.29 is 9.53 Å². The third-order valence-electron chi connectivity index (χ3n) is 3.54. The molecule has 1 aromatic carbocycles. The Hall–Kier alpha value is -1.55. The third-order valence-corrected chi connectivity index (χ3v) is 3.54. The zero-order valence-corrected chi connectivity index (χ0v) is 12.8. The molecule has 1 rings (SSSR count). The number of nitrogens with zero attached hydrogens (tertiary/aromatic N) is 1. The van der Waals surface area contributed by atoms with Crippen molar-refractivity contribution in [2.24, 2.45) is 11.7 Å². The van der Waals surface area contributed by atoms with Crippen molar-refractivity contribution in [2.75, 3.05) is 20.7 Å². The highest BCUT2D eigenvalue weighted by molar-refractivity contribution is 5.75. The second kappa shape index (κ2) is 8.59. The van der Waals surface area contributed by atoms with Gasteiger partial charge >= 0.3 is 0 Å². The van der Waals surface area contributed by atoms with Crippen LogP contribution in [0.2, 0.25) is 0 Å². The van der Waals surface area contributed by atoms with Crippen LogP contribution in [0.15, 0.2) is 24.3 Å². The van der Waals surface area contributed by atoms with Crippen molar-refractivity contribution in [1.82, 2.24) is 4.90 Å². The highest BCUT2D eigenvalue weighted by atomic mass is 16.5. The van der Waals surface area contributed by atoms with Gasteiger partial charge in [0.05, 0.1) is 7.11 Å². The quantitative estimate of drug-likeness (QED) is 0.794. The molecule has 0 heterocycles. The number of amides is 1. The minimum Gasteiger partial charge on any atom is -0.496 e. The molecule has 4 nitrogen and oxygen atoms in total. The number of nitrogens with two attached hydrogens (primary N) is 1. The van der Waals surface area contributed by atoms with E-state index in [4.69, 9.17) is 10.5 Å². The first-order chi connectivity index (χ1) is 9.58. The second-order valence-corrected chi connectivity index (χ2v) is 5.28. The number of ether oxygens (including phenoxy) is 1. The Balaban J connectivity index is 2.49. The molecule has 1 atom stereocenters. The van der Waals surface area contributed by atoms with Gasteiger partial charge in [-0.1, -0.05) is 25.1 Å². The summed E-state index contributed by atoms with van der Waals surface area (Å²) in [6.07, 6.45) is 2.45. The van der Waals surface area contributed by atoms with Gasteiger partial charge in [-0.05, 0) is 31.4 Å². The van der Waals surface area contributed by atoms with E-state index in [1.54, 1.807) is 12.0 Å². The number of carbonyl (C=O) groups excluding carboxylic acids is 1. The largest absolute Gasteiger partial charge is 0.496 e. The Bertz CT molecular complexity index is 421. The fourth-order valence-corrected chi connectivity index (χ4v) is 2.17. The van der Waals surface area contributed by atoms with Gasteiger partial charge in [0.2, 0.25) is 5.91 Å². The van der Waals surface area contributed by atoms with Crippen molar-refractivity contribution >= 4 is 5.91 Å². The summed E-state index contributed by atoms with van der Waals surface area (Å²) in [4.78, 5) is 13.9. The van der Waals surface area contributed by atoms with Crippen molar-refractivity contribution in [3.8, 4) is 5.75 Å². The van der Waals surface area contributed by atoms with E-state index in [0.29, 0.717) is 25.4 Å². The number of benzene rings is 1. The standard InChI is InChI=1S/C16H26N2O2/c1-13(10-11-17)8-9-16(19)18(2)12-14-6-4-5-7-15(14)20-3/h4-7,13H,8-12,17H2,1-3H3. The predicted molar refractivity (Wildman–Crippen MR) is 81.5 cm³/mol. The molecule has 20 heavy (non-hydrogen) atoms. The number of methoxy groups -OCH3 is 1. The van der Waals surface area contributed by atoms with Gasteiger partial charge < -0.3 is 15.4 Å². The van der Waals surface area contributed by atoms with Gasteiger partial charge in [0, 0.05) is 25.6 Å². The molecule has 0 aliphatic rings. The molecule has 0 aromatic heterocycles. The number of para-hydroxylation sites is 1. The summed E-state index contributed by atoms with van der Waals surface area (Å²) in [6, 6.07) is 7.79. The second-order valence-electron chi connectivity index (χ2n) is 5.28. The third kappa shape index (κ3) is 5.21.